The fourth-order valence-electron chi connectivity index (χ4n) is 3.39. The fraction of sp³-hybridized carbons (Fsp3) is 0.217. The molecule has 0 saturated carbocycles. The Morgan fingerprint density at radius 1 is 0.931 bits per heavy atom. The number of hydrogen-bond acceptors (Lipinski definition) is 3. The average molecular weight is 391 g/mol. The van der Waals surface area contributed by atoms with E-state index in [9.17, 15) is 9.59 Å². The summed E-state index contributed by atoms with van der Waals surface area (Å²) in [7, 11) is 1.63. The number of amides is 2. The van der Waals surface area contributed by atoms with Gasteiger partial charge in [0.1, 0.15) is 5.75 Å². The van der Waals surface area contributed by atoms with Crippen molar-refractivity contribution >= 4 is 23.2 Å². The molecular formula is C23H25N3O3. The first-order valence-electron chi connectivity index (χ1n) is 9.33. The molecule has 0 aliphatic carbocycles. The summed E-state index contributed by atoms with van der Waals surface area (Å²) in [5, 5.41) is 5.69. The summed E-state index contributed by atoms with van der Waals surface area (Å²) in [5.74, 6) is 0.325. The van der Waals surface area contributed by atoms with Gasteiger partial charge in [0, 0.05) is 30.1 Å². The third-order valence-electron chi connectivity index (χ3n) is 4.72. The van der Waals surface area contributed by atoms with Crippen LogP contribution in [-0.2, 0) is 4.79 Å². The lowest BCUT2D eigenvalue weighted by Crippen LogP contribution is -2.16. The minimum absolute atomic E-state index is 0.194. The van der Waals surface area contributed by atoms with E-state index in [0.29, 0.717) is 16.9 Å². The molecule has 3 rings (SSSR count). The summed E-state index contributed by atoms with van der Waals surface area (Å²) in [6.07, 6.45) is 0. The van der Waals surface area contributed by atoms with E-state index in [4.69, 9.17) is 4.74 Å². The number of hydrogen-bond donors (Lipinski definition) is 2. The van der Waals surface area contributed by atoms with E-state index in [0.717, 1.165) is 28.4 Å². The van der Waals surface area contributed by atoms with Crippen molar-refractivity contribution in [3.8, 4) is 11.4 Å². The van der Waals surface area contributed by atoms with Gasteiger partial charge in [0.25, 0.3) is 5.91 Å². The van der Waals surface area contributed by atoms with Gasteiger partial charge in [-0.05, 0) is 56.7 Å². The van der Waals surface area contributed by atoms with Gasteiger partial charge in [-0.25, -0.2) is 0 Å². The zero-order valence-electron chi connectivity index (χ0n) is 17.3. The zero-order valence-corrected chi connectivity index (χ0v) is 17.3. The van der Waals surface area contributed by atoms with Crippen LogP contribution in [0.25, 0.3) is 5.69 Å². The van der Waals surface area contributed by atoms with Crippen LogP contribution in [0.2, 0.25) is 0 Å². The highest BCUT2D eigenvalue weighted by Gasteiger charge is 2.18. The average Bonchev–Trinajstić information content (AvgIpc) is 2.98. The van der Waals surface area contributed by atoms with Crippen LogP contribution in [0.1, 0.15) is 34.2 Å². The second-order valence-corrected chi connectivity index (χ2v) is 7.01. The molecular weight excluding hydrogens is 366 g/mol. The number of methoxy groups -OCH3 is 1. The summed E-state index contributed by atoms with van der Waals surface area (Å²) in [6, 6.07) is 15.1. The highest BCUT2D eigenvalue weighted by Crippen LogP contribution is 2.27. The van der Waals surface area contributed by atoms with Gasteiger partial charge in [-0.15, -0.1) is 0 Å². The van der Waals surface area contributed by atoms with E-state index in [2.05, 4.69) is 10.6 Å². The minimum atomic E-state index is -0.232. The van der Waals surface area contributed by atoms with E-state index >= 15 is 0 Å². The Kier molecular flexibility index (Phi) is 5.73. The molecule has 0 bridgehead atoms. The van der Waals surface area contributed by atoms with Crippen molar-refractivity contribution in [3.05, 3.63) is 71.0 Å². The number of anilines is 2. The maximum Gasteiger partial charge on any atom is 0.257 e. The van der Waals surface area contributed by atoms with Gasteiger partial charge in [0.2, 0.25) is 5.91 Å². The van der Waals surface area contributed by atoms with E-state index in [1.54, 1.807) is 13.2 Å². The second-order valence-electron chi connectivity index (χ2n) is 7.01. The Morgan fingerprint density at radius 2 is 1.69 bits per heavy atom. The molecule has 2 amide bonds. The first-order valence-corrected chi connectivity index (χ1v) is 9.33. The highest BCUT2D eigenvalue weighted by atomic mass is 16.5. The minimum Gasteiger partial charge on any atom is -0.497 e. The number of rotatable bonds is 5. The maximum atomic E-state index is 13.0. The van der Waals surface area contributed by atoms with Gasteiger partial charge < -0.3 is 19.9 Å². The smallest absolute Gasteiger partial charge is 0.257 e. The number of aromatic nitrogens is 1. The SMILES string of the molecule is COc1cccc(-n2c(C)cc(C(=O)Nc3cc(C)ccc3NC(C)=O)c2C)c1. The Hall–Kier alpha value is -3.54. The number of aryl methyl sites for hydroxylation is 2. The monoisotopic (exact) mass is 391 g/mol. The van der Waals surface area contributed by atoms with Crippen molar-refractivity contribution in [2.45, 2.75) is 27.7 Å². The molecule has 1 heterocycles. The van der Waals surface area contributed by atoms with E-state index in [1.165, 1.54) is 6.92 Å². The number of benzene rings is 2. The predicted octanol–water partition coefficient (Wildman–Crippen LogP) is 4.62. The van der Waals surface area contributed by atoms with Gasteiger partial charge in [-0.3, -0.25) is 9.59 Å². The van der Waals surface area contributed by atoms with Crippen molar-refractivity contribution in [1.29, 1.82) is 0 Å². The normalized spacial score (nSPS) is 10.5. The van der Waals surface area contributed by atoms with Crippen LogP contribution in [0.3, 0.4) is 0 Å². The van der Waals surface area contributed by atoms with Crippen LogP contribution in [0.4, 0.5) is 11.4 Å². The van der Waals surface area contributed by atoms with Gasteiger partial charge in [0.15, 0.2) is 0 Å². The number of nitrogens with zero attached hydrogens (tertiary/aromatic N) is 1. The molecule has 6 nitrogen and oxygen atoms in total. The van der Waals surface area contributed by atoms with Crippen LogP contribution in [0.15, 0.2) is 48.5 Å². The number of ether oxygens (including phenoxy) is 1. The lowest BCUT2D eigenvalue weighted by Gasteiger charge is -2.13. The van der Waals surface area contributed by atoms with Crippen LogP contribution in [0, 0.1) is 20.8 Å². The molecule has 1 aromatic heterocycles. The van der Waals surface area contributed by atoms with Gasteiger partial charge in [-0.2, -0.15) is 0 Å². The Balaban J connectivity index is 1.96. The molecule has 29 heavy (non-hydrogen) atoms. The molecule has 6 heteroatoms. The largest absolute Gasteiger partial charge is 0.497 e. The predicted molar refractivity (Wildman–Crippen MR) is 115 cm³/mol. The Bertz CT molecular complexity index is 1080. The molecule has 0 atom stereocenters. The molecule has 3 aromatic rings. The van der Waals surface area contributed by atoms with E-state index in [-0.39, 0.29) is 11.8 Å². The molecule has 0 fully saturated rings. The molecule has 0 spiro atoms. The summed E-state index contributed by atoms with van der Waals surface area (Å²) < 4.78 is 7.33. The first-order chi connectivity index (χ1) is 13.8. The molecule has 2 aromatic carbocycles. The van der Waals surface area contributed by atoms with Gasteiger partial charge >= 0.3 is 0 Å². The third-order valence-corrected chi connectivity index (χ3v) is 4.72. The van der Waals surface area contributed by atoms with Gasteiger partial charge in [-0.1, -0.05) is 12.1 Å². The molecule has 0 aliphatic rings. The van der Waals surface area contributed by atoms with E-state index < -0.39 is 0 Å². The molecule has 0 unspecified atom stereocenters. The molecule has 0 radical (unpaired) electrons. The topological polar surface area (TPSA) is 72.4 Å². The standard InChI is InChI=1S/C23H25N3O3/c1-14-9-10-21(24-17(4)27)22(11-14)25-23(28)20-12-15(2)26(16(20)3)18-7-6-8-19(13-18)29-5/h6-13H,1-5H3,(H,24,27)(H,25,28). The van der Waals surface area contributed by atoms with Crippen molar-refractivity contribution in [2.75, 3.05) is 17.7 Å². The van der Waals surface area contributed by atoms with Crippen molar-refractivity contribution in [3.63, 3.8) is 0 Å². The summed E-state index contributed by atoms with van der Waals surface area (Å²) in [4.78, 5) is 24.5. The lowest BCUT2D eigenvalue weighted by atomic mass is 10.1. The van der Waals surface area contributed by atoms with Gasteiger partial charge in [0.05, 0.1) is 24.0 Å². The first kappa shape index (κ1) is 20.2. The maximum absolute atomic E-state index is 13.0. The van der Waals surface area contributed by atoms with Crippen molar-refractivity contribution in [1.82, 2.24) is 4.57 Å². The van der Waals surface area contributed by atoms with Crippen LogP contribution in [-0.4, -0.2) is 23.5 Å². The highest BCUT2D eigenvalue weighted by molar-refractivity contribution is 6.08. The summed E-state index contributed by atoms with van der Waals surface area (Å²) in [5.41, 5.74) is 5.37. The molecule has 150 valence electrons. The number of carbonyl (C=O) groups is 2. The summed E-state index contributed by atoms with van der Waals surface area (Å²) >= 11 is 0. The second kappa shape index (κ2) is 8.22. The number of carbonyl (C=O) groups excluding carboxylic acids is 2. The quantitative estimate of drug-likeness (QED) is 0.666. The molecule has 2 N–H and O–H groups in total. The van der Waals surface area contributed by atoms with E-state index in [1.807, 2.05) is 67.8 Å². The Morgan fingerprint density at radius 3 is 2.38 bits per heavy atom. The molecule has 0 aliphatic heterocycles. The van der Waals surface area contributed by atoms with Crippen LogP contribution < -0.4 is 15.4 Å². The van der Waals surface area contributed by atoms with Crippen molar-refractivity contribution < 1.29 is 14.3 Å². The summed E-state index contributed by atoms with van der Waals surface area (Å²) in [6.45, 7) is 7.24. The van der Waals surface area contributed by atoms with Crippen molar-refractivity contribution in [2.24, 2.45) is 0 Å². The lowest BCUT2D eigenvalue weighted by molar-refractivity contribution is -0.114. The van der Waals surface area contributed by atoms with Crippen LogP contribution >= 0.6 is 0 Å². The zero-order chi connectivity index (χ0) is 21.1. The number of nitrogens with one attached hydrogen (secondary N) is 2. The fourth-order valence-corrected chi connectivity index (χ4v) is 3.39. The van der Waals surface area contributed by atoms with Crippen LogP contribution in [0.5, 0.6) is 5.75 Å². The molecule has 0 saturated heterocycles. The third kappa shape index (κ3) is 4.32. The Labute approximate surface area is 170 Å².